The molecule has 0 radical (unpaired) electrons. The van der Waals surface area contributed by atoms with Crippen LogP contribution >= 0.6 is 0 Å². The second-order valence-electron chi connectivity index (χ2n) is 6.08. The van der Waals surface area contributed by atoms with Crippen molar-refractivity contribution >= 4 is 11.6 Å². The van der Waals surface area contributed by atoms with Gasteiger partial charge in [-0.15, -0.1) is 0 Å². The van der Waals surface area contributed by atoms with Crippen LogP contribution in [0.15, 0.2) is 42.5 Å². The lowest BCUT2D eigenvalue weighted by Crippen LogP contribution is -2.20. The molecule has 6 nitrogen and oxygen atoms in total. The summed E-state index contributed by atoms with van der Waals surface area (Å²) in [5.74, 6) is 2.58. The Morgan fingerprint density at radius 1 is 0.962 bits per heavy atom. The van der Waals surface area contributed by atoms with Crippen LogP contribution in [0.2, 0.25) is 0 Å². The van der Waals surface area contributed by atoms with Gasteiger partial charge < -0.3 is 24.3 Å². The number of amides is 1. The summed E-state index contributed by atoms with van der Waals surface area (Å²) in [7, 11) is 3.10. The van der Waals surface area contributed by atoms with Crippen molar-refractivity contribution in [3.63, 3.8) is 0 Å². The summed E-state index contributed by atoms with van der Waals surface area (Å²) in [5.41, 5.74) is 0.523. The van der Waals surface area contributed by atoms with Gasteiger partial charge in [0.25, 0.3) is 5.91 Å². The van der Waals surface area contributed by atoms with Gasteiger partial charge in [0.2, 0.25) is 0 Å². The molecule has 2 rings (SSSR count). The van der Waals surface area contributed by atoms with Gasteiger partial charge in [-0.1, -0.05) is 19.9 Å². The van der Waals surface area contributed by atoms with Crippen molar-refractivity contribution in [1.82, 2.24) is 0 Å². The average Bonchev–Trinajstić information content (AvgIpc) is 2.65. The van der Waals surface area contributed by atoms with Gasteiger partial charge in [-0.25, -0.2) is 0 Å². The molecule has 0 heterocycles. The monoisotopic (exact) mass is 359 g/mol. The third-order valence-corrected chi connectivity index (χ3v) is 3.44. The van der Waals surface area contributed by atoms with Crippen LogP contribution in [0.3, 0.4) is 0 Å². The molecule has 0 bridgehead atoms. The number of methoxy groups -OCH3 is 2. The molecular weight excluding hydrogens is 334 g/mol. The zero-order chi connectivity index (χ0) is 18.9. The van der Waals surface area contributed by atoms with E-state index in [0.717, 1.165) is 0 Å². The number of benzene rings is 2. The van der Waals surface area contributed by atoms with E-state index >= 15 is 0 Å². The number of carbonyl (C=O) groups is 1. The Bertz CT molecular complexity index is 730. The van der Waals surface area contributed by atoms with Crippen molar-refractivity contribution < 1.29 is 23.7 Å². The van der Waals surface area contributed by atoms with Crippen LogP contribution in [0.5, 0.6) is 23.0 Å². The number of anilines is 1. The lowest BCUT2D eigenvalue weighted by atomic mass is 10.2. The van der Waals surface area contributed by atoms with Crippen molar-refractivity contribution in [1.29, 1.82) is 0 Å². The molecule has 0 aliphatic rings. The van der Waals surface area contributed by atoms with E-state index in [1.165, 1.54) is 7.11 Å². The van der Waals surface area contributed by atoms with Crippen molar-refractivity contribution in [3.05, 3.63) is 42.5 Å². The van der Waals surface area contributed by atoms with Gasteiger partial charge >= 0.3 is 0 Å². The molecule has 2 aromatic rings. The molecule has 140 valence electrons. The van der Waals surface area contributed by atoms with Crippen molar-refractivity contribution in [2.75, 3.05) is 32.8 Å². The predicted octanol–water partition coefficient (Wildman–Crippen LogP) is 3.76. The van der Waals surface area contributed by atoms with Gasteiger partial charge in [0.05, 0.1) is 26.5 Å². The minimum atomic E-state index is -0.301. The minimum Gasteiger partial charge on any atom is -0.497 e. The highest BCUT2D eigenvalue weighted by molar-refractivity contribution is 5.93. The third kappa shape index (κ3) is 5.88. The van der Waals surface area contributed by atoms with Gasteiger partial charge in [0.15, 0.2) is 6.61 Å². The molecule has 0 aliphatic carbocycles. The molecule has 1 N–H and O–H groups in total. The quantitative estimate of drug-likeness (QED) is 0.738. The summed E-state index contributed by atoms with van der Waals surface area (Å²) in [5, 5.41) is 2.76. The lowest BCUT2D eigenvalue weighted by molar-refractivity contribution is -0.118. The zero-order valence-electron chi connectivity index (χ0n) is 15.6. The summed E-state index contributed by atoms with van der Waals surface area (Å²) in [4.78, 5) is 12.2. The number of ether oxygens (including phenoxy) is 4. The Kier molecular flexibility index (Phi) is 7.14. The number of carbonyl (C=O) groups excluding carboxylic acids is 1. The highest BCUT2D eigenvalue weighted by Gasteiger charge is 2.10. The Hall–Kier alpha value is -2.89. The van der Waals surface area contributed by atoms with E-state index < -0.39 is 0 Å². The summed E-state index contributed by atoms with van der Waals surface area (Å²) < 4.78 is 21.6. The van der Waals surface area contributed by atoms with Gasteiger partial charge in [-0.05, 0) is 30.2 Å². The van der Waals surface area contributed by atoms with E-state index in [4.69, 9.17) is 18.9 Å². The fourth-order valence-electron chi connectivity index (χ4n) is 2.16. The largest absolute Gasteiger partial charge is 0.497 e. The minimum absolute atomic E-state index is 0.131. The molecule has 2 aromatic carbocycles. The molecule has 0 saturated heterocycles. The maximum Gasteiger partial charge on any atom is 0.262 e. The van der Waals surface area contributed by atoms with Crippen LogP contribution in [0.4, 0.5) is 5.69 Å². The first-order valence-corrected chi connectivity index (χ1v) is 8.39. The molecule has 6 heteroatoms. The first-order valence-electron chi connectivity index (χ1n) is 8.39. The van der Waals surface area contributed by atoms with Crippen molar-refractivity contribution in [2.24, 2.45) is 5.92 Å². The van der Waals surface area contributed by atoms with E-state index in [-0.39, 0.29) is 12.5 Å². The molecule has 0 saturated carbocycles. The van der Waals surface area contributed by atoms with Crippen LogP contribution in [0.1, 0.15) is 13.8 Å². The van der Waals surface area contributed by atoms with E-state index in [1.54, 1.807) is 37.4 Å². The highest BCUT2D eigenvalue weighted by Crippen LogP contribution is 2.29. The van der Waals surface area contributed by atoms with Crippen molar-refractivity contribution in [2.45, 2.75) is 13.8 Å². The average molecular weight is 359 g/mol. The highest BCUT2D eigenvalue weighted by atomic mass is 16.5. The molecule has 26 heavy (non-hydrogen) atoms. The molecule has 0 aromatic heterocycles. The first kappa shape index (κ1) is 19.4. The molecule has 0 atom stereocenters. The van der Waals surface area contributed by atoms with Gasteiger partial charge in [-0.2, -0.15) is 0 Å². The molecule has 0 aliphatic heterocycles. The summed E-state index contributed by atoms with van der Waals surface area (Å²) in [6.45, 7) is 4.66. The van der Waals surface area contributed by atoms with Crippen molar-refractivity contribution in [3.8, 4) is 23.0 Å². The predicted molar refractivity (Wildman–Crippen MR) is 100 cm³/mol. The maximum absolute atomic E-state index is 12.2. The summed E-state index contributed by atoms with van der Waals surface area (Å²) >= 11 is 0. The van der Waals surface area contributed by atoms with Gasteiger partial charge in [-0.3, -0.25) is 4.79 Å². The Balaban J connectivity index is 1.94. The lowest BCUT2D eigenvalue weighted by Gasteiger charge is -2.13. The first-order chi connectivity index (χ1) is 12.5. The zero-order valence-corrected chi connectivity index (χ0v) is 15.6. The van der Waals surface area contributed by atoms with E-state index in [2.05, 4.69) is 19.2 Å². The van der Waals surface area contributed by atoms with Gasteiger partial charge in [0, 0.05) is 12.1 Å². The second kappa shape index (κ2) is 9.56. The Morgan fingerprint density at radius 3 is 2.35 bits per heavy atom. The summed E-state index contributed by atoms with van der Waals surface area (Å²) in [6.07, 6.45) is 0. The van der Waals surface area contributed by atoms with Crippen LogP contribution < -0.4 is 24.3 Å². The SMILES string of the molecule is COc1ccc(OC)c(NC(=O)COc2cccc(OCC(C)C)c2)c1. The van der Waals surface area contributed by atoms with Crippen LogP contribution in [0.25, 0.3) is 0 Å². The summed E-state index contributed by atoms with van der Waals surface area (Å²) in [6, 6.07) is 12.4. The van der Waals surface area contributed by atoms with Crippen LogP contribution in [0, 0.1) is 5.92 Å². The molecule has 1 amide bonds. The fraction of sp³-hybridized carbons (Fsp3) is 0.350. The van der Waals surface area contributed by atoms with E-state index in [1.807, 2.05) is 12.1 Å². The number of hydrogen-bond acceptors (Lipinski definition) is 5. The third-order valence-electron chi connectivity index (χ3n) is 3.44. The smallest absolute Gasteiger partial charge is 0.262 e. The second-order valence-corrected chi connectivity index (χ2v) is 6.08. The van der Waals surface area contributed by atoms with E-state index in [9.17, 15) is 4.79 Å². The molecule has 0 unspecified atom stereocenters. The fourth-order valence-corrected chi connectivity index (χ4v) is 2.16. The molecule has 0 fully saturated rings. The topological polar surface area (TPSA) is 66.0 Å². The molecular formula is C20H25NO5. The standard InChI is InChI=1S/C20H25NO5/c1-14(2)12-25-16-6-5-7-17(10-16)26-13-20(22)21-18-11-15(23-3)8-9-19(18)24-4/h5-11,14H,12-13H2,1-4H3,(H,21,22). The van der Waals surface area contributed by atoms with Crippen LogP contribution in [-0.4, -0.2) is 33.3 Å². The maximum atomic E-state index is 12.2. The Labute approximate surface area is 154 Å². The Morgan fingerprint density at radius 2 is 1.69 bits per heavy atom. The number of nitrogens with one attached hydrogen (secondary N) is 1. The number of hydrogen-bond donors (Lipinski definition) is 1. The van der Waals surface area contributed by atoms with E-state index in [0.29, 0.717) is 41.2 Å². The normalized spacial score (nSPS) is 10.3. The van der Waals surface area contributed by atoms with Crippen LogP contribution in [-0.2, 0) is 4.79 Å². The van der Waals surface area contributed by atoms with Gasteiger partial charge in [0.1, 0.15) is 23.0 Å². The number of rotatable bonds is 9. The molecule has 0 spiro atoms.